The second-order valence-electron chi connectivity index (χ2n) is 5.23. The van der Waals surface area contributed by atoms with Crippen molar-refractivity contribution in [2.45, 2.75) is 13.5 Å². The molecule has 6 nitrogen and oxygen atoms in total. The van der Waals surface area contributed by atoms with Crippen molar-refractivity contribution in [1.82, 2.24) is 0 Å². The zero-order valence-corrected chi connectivity index (χ0v) is 14.7. The van der Waals surface area contributed by atoms with Gasteiger partial charge in [-0.05, 0) is 19.1 Å². The predicted molar refractivity (Wildman–Crippen MR) is 95.4 cm³/mol. The van der Waals surface area contributed by atoms with Gasteiger partial charge in [0.05, 0.1) is 12.8 Å². The first-order chi connectivity index (χ1) is 12.6. The van der Waals surface area contributed by atoms with E-state index < -0.39 is 5.97 Å². The largest absolute Gasteiger partial charge is 0.464 e. The summed E-state index contributed by atoms with van der Waals surface area (Å²) in [4.78, 5) is 22.0. The molecule has 0 aromatic heterocycles. The molecule has 2 aromatic carbocycles. The Morgan fingerprint density at radius 3 is 2.54 bits per heavy atom. The number of oxime groups is 2. The molecule has 0 aliphatic heterocycles. The number of halogens is 1. The van der Waals surface area contributed by atoms with Crippen molar-refractivity contribution >= 4 is 17.4 Å². The second kappa shape index (κ2) is 9.31. The third kappa shape index (κ3) is 4.89. The van der Waals surface area contributed by atoms with E-state index in [1.165, 1.54) is 26.4 Å². The molecule has 2 aromatic rings. The van der Waals surface area contributed by atoms with Gasteiger partial charge in [-0.25, -0.2) is 9.18 Å². The smallest absolute Gasteiger partial charge is 0.360 e. The van der Waals surface area contributed by atoms with E-state index in [0.29, 0.717) is 22.4 Å². The fraction of sp³-hybridized carbons (Fsp3) is 0.211. The lowest BCUT2D eigenvalue weighted by atomic mass is 10.0. The number of carbonyl (C=O) groups is 1. The number of rotatable bonds is 7. The zero-order valence-electron chi connectivity index (χ0n) is 14.7. The van der Waals surface area contributed by atoms with Gasteiger partial charge in [0.25, 0.3) is 0 Å². The maximum Gasteiger partial charge on any atom is 0.360 e. The highest BCUT2D eigenvalue weighted by molar-refractivity contribution is 6.43. The molecule has 26 heavy (non-hydrogen) atoms. The van der Waals surface area contributed by atoms with Crippen LogP contribution in [0.5, 0.6) is 0 Å². The summed E-state index contributed by atoms with van der Waals surface area (Å²) in [5, 5.41) is 7.74. The average Bonchev–Trinajstić information content (AvgIpc) is 2.66. The van der Waals surface area contributed by atoms with Gasteiger partial charge in [-0.1, -0.05) is 46.7 Å². The second-order valence-corrected chi connectivity index (χ2v) is 5.23. The Morgan fingerprint density at radius 1 is 1.08 bits per heavy atom. The fourth-order valence-corrected chi connectivity index (χ4v) is 2.23. The lowest BCUT2D eigenvalue weighted by Crippen LogP contribution is -2.19. The minimum atomic E-state index is -0.626. The SMILES string of the molecule is CO/N=C(/C(=O)OC)c1ccccc1CO/N=C(\C)c1cccc(F)c1. The Kier molecular flexibility index (Phi) is 6.84. The van der Waals surface area contributed by atoms with E-state index >= 15 is 0 Å². The Bertz CT molecular complexity index is 834. The quantitative estimate of drug-likeness (QED) is 0.433. The van der Waals surface area contributed by atoms with E-state index in [-0.39, 0.29) is 18.1 Å². The van der Waals surface area contributed by atoms with Gasteiger partial charge in [-0.2, -0.15) is 0 Å². The Labute approximate surface area is 150 Å². The highest BCUT2D eigenvalue weighted by Crippen LogP contribution is 2.14. The molecule has 0 spiro atoms. The third-order valence-electron chi connectivity index (χ3n) is 3.50. The maximum absolute atomic E-state index is 13.3. The van der Waals surface area contributed by atoms with E-state index in [9.17, 15) is 9.18 Å². The molecule has 2 rings (SSSR count). The number of hydrogen-bond acceptors (Lipinski definition) is 6. The molecule has 0 saturated carbocycles. The molecule has 7 heteroatoms. The van der Waals surface area contributed by atoms with Crippen molar-refractivity contribution in [2.75, 3.05) is 14.2 Å². The molecule has 0 N–H and O–H groups in total. The van der Waals surface area contributed by atoms with Crippen LogP contribution in [-0.2, 0) is 25.8 Å². The summed E-state index contributed by atoms with van der Waals surface area (Å²) in [6.45, 7) is 1.80. The standard InChI is InChI=1S/C19H19FN2O4/c1-13(14-8-6-9-16(20)11-14)21-26-12-15-7-4-5-10-17(15)18(22-25-3)19(23)24-2/h4-11H,12H2,1-3H3/b21-13+,22-18+. The molecule has 0 heterocycles. The molecule has 0 aliphatic rings. The summed E-state index contributed by atoms with van der Waals surface area (Å²) >= 11 is 0. The minimum Gasteiger partial charge on any atom is -0.464 e. The van der Waals surface area contributed by atoms with E-state index in [0.717, 1.165) is 0 Å². The summed E-state index contributed by atoms with van der Waals surface area (Å²) in [5.74, 6) is -0.973. The maximum atomic E-state index is 13.3. The fourth-order valence-electron chi connectivity index (χ4n) is 2.23. The lowest BCUT2D eigenvalue weighted by Gasteiger charge is -2.10. The molecule has 0 bridgehead atoms. The van der Waals surface area contributed by atoms with Crippen LogP contribution in [0.4, 0.5) is 4.39 Å². The van der Waals surface area contributed by atoms with Crippen LogP contribution in [0.25, 0.3) is 0 Å². The van der Waals surface area contributed by atoms with E-state index in [1.807, 2.05) is 0 Å². The highest BCUT2D eigenvalue weighted by Gasteiger charge is 2.19. The van der Waals surface area contributed by atoms with Crippen LogP contribution >= 0.6 is 0 Å². The van der Waals surface area contributed by atoms with Crippen molar-refractivity contribution in [1.29, 1.82) is 0 Å². The van der Waals surface area contributed by atoms with Crippen LogP contribution < -0.4 is 0 Å². The molecule has 136 valence electrons. The van der Waals surface area contributed by atoms with Gasteiger partial charge in [-0.15, -0.1) is 0 Å². The van der Waals surface area contributed by atoms with Crippen LogP contribution in [0.1, 0.15) is 23.6 Å². The molecule has 0 aliphatic carbocycles. The number of esters is 1. The van der Waals surface area contributed by atoms with Gasteiger partial charge in [-0.3, -0.25) is 0 Å². The molecule has 0 radical (unpaired) electrons. The van der Waals surface area contributed by atoms with Crippen LogP contribution in [0.15, 0.2) is 58.8 Å². The van der Waals surface area contributed by atoms with Crippen LogP contribution in [-0.4, -0.2) is 31.6 Å². The summed E-state index contributed by atoms with van der Waals surface area (Å²) in [5.41, 5.74) is 2.36. The zero-order chi connectivity index (χ0) is 18.9. The third-order valence-corrected chi connectivity index (χ3v) is 3.50. The molecule has 0 unspecified atom stereocenters. The van der Waals surface area contributed by atoms with Crippen LogP contribution in [0, 0.1) is 5.82 Å². The van der Waals surface area contributed by atoms with Crippen molar-refractivity contribution < 1.29 is 23.6 Å². The van der Waals surface area contributed by atoms with E-state index in [4.69, 9.17) is 14.4 Å². The lowest BCUT2D eigenvalue weighted by molar-refractivity contribution is -0.132. The number of benzene rings is 2. The number of methoxy groups -OCH3 is 1. The molecule has 0 atom stereocenters. The molecular formula is C19H19FN2O4. The minimum absolute atomic E-state index is 0.0278. The van der Waals surface area contributed by atoms with Crippen molar-refractivity contribution in [2.24, 2.45) is 10.3 Å². The summed E-state index contributed by atoms with van der Waals surface area (Å²) in [6.07, 6.45) is 0. The number of carbonyl (C=O) groups excluding carboxylic acids is 1. The van der Waals surface area contributed by atoms with Crippen LogP contribution in [0.2, 0.25) is 0 Å². The summed E-state index contributed by atoms with van der Waals surface area (Å²) in [7, 11) is 2.61. The van der Waals surface area contributed by atoms with Crippen molar-refractivity contribution in [3.05, 3.63) is 71.0 Å². The topological polar surface area (TPSA) is 69.5 Å². The van der Waals surface area contributed by atoms with Gasteiger partial charge in [0.2, 0.25) is 0 Å². The van der Waals surface area contributed by atoms with Gasteiger partial charge >= 0.3 is 5.97 Å². The van der Waals surface area contributed by atoms with E-state index in [2.05, 4.69) is 10.3 Å². The number of hydrogen-bond donors (Lipinski definition) is 0. The van der Waals surface area contributed by atoms with Crippen LogP contribution in [0.3, 0.4) is 0 Å². The molecular weight excluding hydrogens is 339 g/mol. The predicted octanol–water partition coefficient (Wildman–Crippen LogP) is 3.29. The van der Waals surface area contributed by atoms with Gasteiger partial charge in [0.1, 0.15) is 19.5 Å². The van der Waals surface area contributed by atoms with E-state index in [1.54, 1.807) is 43.3 Å². The van der Waals surface area contributed by atoms with Gasteiger partial charge < -0.3 is 14.4 Å². The summed E-state index contributed by atoms with van der Waals surface area (Å²) < 4.78 is 18.0. The Balaban J connectivity index is 2.19. The first-order valence-corrected chi connectivity index (χ1v) is 7.77. The molecule has 0 fully saturated rings. The Hall–Kier alpha value is -3.22. The van der Waals surface area contributed by atoms with Crippen molar-refractivity contribution in [3.8, 4) is 0 Å². The number of ether oxygens (including phenoxy) is 1. The monoisotopic (exact) mass is 358 g/mol. The first-order valence-electron chi connectivity index (χ1n) is 7.77. The van der Waals surface area contributed by atoms with Gasteiger partial charge in [0, 0.05) is 16.7 Å². The first kappa shape index (κ1) is 19.1. The average molecular weight is 358 g/mol. The molecule has 0 saturated heterocycles. The Morgan fingerprint density at radius 2 is 1.85 bits per heavy atom. The van der Waals surface area contributed by atoms with Crippen molar-refractivity contribution in [3.63, 3.8) is 0 Å². The summed E-state index contributed by atoms with van der Waals surface area (Å²) in [6, 6.07) is 13.1. The molecule has 0 amide bonds. The normalized spacial score (nSPS) is 11.8. The van der Waals surface area contributed by atoms with Gasteiger partial charge in [0.15, 0.2) is 5.71 Å². The number of nitrogens with zero attached hydrogens (tertiary/aromatic N) is 2. The highest BCUT2D eigenvalue weighted by atomic mass is 19.1.